The van der Waals surface area contributed by atoms with Crippen LogP contribution in [0.15, 0.2) is 71.9 Å². The van der Waals surface area contributed by atoms with Crippen LogP contribution >= 0.6 is 11.8 Å². The third-order valence-electron chi connectivity index (χ3n) is 5.31. The molecule has 2 aromatic heterocycles. The number of para-hydroxylation sites is 3. The summed E-state index contributed by atoms with van der Waals surface area (Å²) in [6.45, 7) is 3.07. The number of hydrogen-bond donors (Lipinski definition) is 2. The molecule has 0 aliphatic carbocycles. The van der Waals surface area contributed by atoms with Gasteiger partial charge < -0.3 is 14.9 Å². The van der Waals surface area contributed by atoms with Crippen LogP contribution < -0.4 is 5.32 Å². The van der Waals surface area contributed by atoms with E-state index in [0.717, 1.165) is 28.4 Å². The van der Waals surface area contributed by atoms with Crippen molar-refractivity contribution < 1.29 is 4.79 Å². The van der Waals surface area contributed by atoms with Gasteiger partial charge in [0, 0.05) is 46.2 Å². The van der Waals surface area contributed by atoms with Crippen LogP contribution in [-0.4, -0.2) is 26.2 Å². The summed E-state index contributed by atoms with van der Waals surface area (Å²) in [4.78, 5) is 20.3. The fraction of sp³-hybridized carbons (Fsp3) is 0.167. The second-order valence-electron chi connectivity index (χ2n) is 7.20. The maximum atomic E-state index is 12.5. The number of imidazole rings is 1. The molecule has 6 heteroatoms. The van der Waals surface area contributed by atoms with E-state index < -0.39 is 0 Å². The Morgan fingerprint density at radius 2 is 1.83 bits per heavy atom. The highest BCUT2D eigenvalue weighted by Crippen LogP contribution is 2.31. The highest BCUT2D eigenvalue weighted by molar-refractivity contribution is 7.99. The van der Waals surface area contributed by atoms with Crippen molar-refractivity contribution in [2.75, 3.05) is 11.1 Å². The van der Waals surface area contributed by atoms with Crippen molar-refractivity contribution >= 4 is 56.2 Å². The molecule has 0 spiro atoms. The Balaban J connectivity index is 1.28. The van der Waals surface area contributed by atoms with E-state index in [0.29, 0.717) is 12.2 Å². The summed E-state index contributed by atoms with van der Waals surface area (Å²) in [5, 5.41) is 6.27. The summed E-state index contributed by atoms with van der Waals surface area (Å²) < 4.78 is 2.31. The van der Waals surface area contributed by atoms with Gasteiger partial charge in [0.2, 0.25) is 5.91 Å². The molecule has 5 nitrogen and oxygen atoms in total. The van der Waals surface area contributed by atoms with E-state index in [1.165, 1.54) is 21.8 Å². The van der Waals surface area contributed by atoms with Crippen molar-refractivity contribution in [2.24, 2.45) is 0 Å². The van der Waals surface area contributed by atoms with Gasteiger partial charge in [0.25, 0.3) is 0 Å². The zero-order chi connectivity index (χ0) is 20.5. The number of H-pyrrole nitrogens is 1. The molecule has 5 rings (SSSR count). The van der Waals surface area contributed by atoms with Crippen molar-refractivity contribution in [3.8, 4) is 0 Å². The first-order valence-electron chi connectivity index (χ1n) is 10.1. The number of carbonyl (C=O) groups is 1. The average Bonchev–Trinajstić information content (AvgIpc) is 3.31. The van der Waals surface area contributed by atoms with E-state index in [4.69, 9.17) is 0 Å². The largest absolute Gasteiger partial charge is 0.341 e. The number of amides is 1. The van der Waals surface area contributed by atoms with E-state index in [2.05, 4.69) is 63.2 Å². The van der Waals surface area contributed by atoms with Crippen LogP contribution in [0.4, 0.5) is 5.69 Å². The molecule has 0 atom stereocenters. The summed E-state index contributed by atoms with van der Waals surface area (Å²) >= 11 is 1.56. The summed E-state index contributed by atoms with van der Waals surface area (Å²) in [6, 6.07) is 22.5. The summed E-state index contributed by atoms with van der Waals surface area (Å²) in [7, 11) is 0. The van der Waals surface area contributed by atoms with Crippen LogP contribution in [0.5, 0.6) is 0 Å². The molecule has 0 unspecified atom stereocenters. The lowest BCUT2D eigenvalue weighted by Crippen LogP contribution is -2.12. The van der Waals surface area contributed by atoms with Crippen molar-refractivity contribution in [2.45, 2.75) is 25.0 Å². The van der Waals surface area contributed by atoms with Crippen LogP contribution in [0.3, 0.4) is 0 Å². The first kappa shape index (κ1) is 18.8. The van der Waals surface area contributed by atoms with Gasteiger partial charge in [0.05, 0.1) is 11.0 Å². The zero-order valence-electron chi connectivity index (χ0n) is 16.7. The number of aryl methyl sites for hydroxylation is 1. The van der Waals surface area contributed by atoms with Gasteiger partial charge in [0.1, 0.15) is 0 Å². The van der Waals surface area contributed by atoms with Crippen LogP contribution in [0.25, 0.3) is 32.8 Å². The third kappa shape index (κ3) is 3.44. The number of nitrogens with one attached hydrogen (secondary N) is 2. The predicted octanol–water partition coefficient (Wildman–Crippen LogP) is 5.81. The van der Waals surface area contributed by atoms with Crippen molar-refractivity contribution in [3.05, 3.63) is 66.7 Å². The minimum absolute atomic E-state index is 0.0113. The molecule has 1 amide bonds. The minimum atomic E-state index is 0.0113. The molecule has 150 valence electrons. The average molecular weight is 415 g/mol. The number of carbonyl (C=O) groups excluding carboxylic acids is 1. The molecule has 2 N–H and O–H groups in total. The fourth-order valence-corrected chi connectivity index (χ4v) is 4.76. The topological polar surface area (TPSA) is 62.7 Å². The first-order valence-corrected chi connectivity index (χ1v) is 11.1. The number of fused-ring (bicyclic) bond motifs is 4. The molecule has 0 bridgehead atoms. The number of hydrogen-bond acceptors (Lipinski definition) is 3. The number of thioether (sulfide) groups is 1. The van der Waals surface area contributed by atoms with Crippen LogP contribution in [0.2, 0.25) is 0 Å². The second kappa shape index (κ2) is 7.88. The standard InChI is InChI=1S/C24H22N4OS/c1-2-28-21-10-6-3-7-17(21)18-15-16(11-12-22(18)28)25-23(29)13-14-30-24-26-19-8-4-5-9-20(19)27-24/h3-12,15H,2,13-14H2,1H3,(H,25,29)(H,26,27). The van der Waals surface area contributed by atoms with Gasteiger partial charge in [0.15, 0.2) is 5.16 Å². The molecule has 0 aliphatic heterocycles. The van der Waals surface area contributed by atoms with Gasteiger partial charge in [-0.2, -0.15) is 0 Å². The van der Waals surface area contributed by atoms with Gasteiger partial charge in [-0.3, -0.25) is 4.79 Å². The Kier molecular flexibility index (Phi) is 4.93. The Bertz CT molecular complexity index is 1330. The zero-order valence-corrected chi connectivity index (χ0v) is 17.5. The van der Waals surface area contributed by atoms with Crippen LogP contribution in [-0.2, 0) is 11.3 Å². The van der Waals surface area contributed by atoms with E-state index in [1.807, 2.05) is 30.3 Å². The van der Waals surface area contributed by atoms with E-state index in [-0.39, 0.29) is 5.91 Å². The predicted molar refractivity (Wildman–Crippen MR) is 125 cm³/mol. The number of aromatic amines is 1. The molecule has 0 radical (unpaired) electrons. The summed E-state index contributed by atoms with van der Waals surface area (Å²) in [5.74, 6) is 0.681. The molecule has 0 saturated heterocycles. The molecule has 0 saturated carbocycles. The number of nitrogens with zero attached hydrogens (tertiary/aromatic N) is 2. The summed E-state index contributed by atoms with van der Waals surface area (Å²) in [6.07, 6.45) is 0.427. The Hall–Kier alpha value is -3.25. The summed E-state index contributed by atoms with van der Waals surface area (Å²) in [5.41, 5.74) is 5.21. The molecular formula is C24H22N4OS. The van der Waals surface area contributed by atoms with E-state index >= 15 is 0 Å². The van der Waals surface area contributed by atoms with Crippen molar-refractivity contribution in [1.29, 1.82) is 0 Å². The number of rotatable bonds is 6. The maximum Gasteiger partial charge on any atom is 0.225 e. The molecule has 0 aliphatic rings. The lowest BCUT2D eigenvalue weighted by atomic mass is 10.1. The fourth-order valence-electron chi connectivity index (χ4n) is 3.93. The van der Waals surface area contributed by atoms with Gasteiger partial charge in [-0.25, -0.2) is 4.98 Å². The van der Waals surface area contributed by atoms with E-state index in [1.54, 1.807) is 11.8 Å². The van der Waals surface area contributed by atoms with Crippen LogP contribution in [0.1, 0.15) is 13.3 Å². The first-order chi connectivity index (χ1) is 14.7. The number of benzene rings is 3. The van der Waals surface area contributed by atoms with Crippen molar-refractivity contribution in [1.82, 2.24) is 14.5 Å². The molecule has 0 fully saturated rings. The van der Waals surface area contributed by atoms with Gasteiger partial charge >= 0.3 is 0 Å². The number of aromatic nitrogens is 3. The lowest BCUT2D eigenvalue weighted by Gasteiger charge is -2.06. The van der Waals surface area contributed by atoms with E-state index in [9.17, 15) is 4.79 Å². The van der Waals surface area contributed by atoms with Gasteiger partial charge in [-0.15, -0.1) is 0 Å². The highest BCUT2D eigenvalue weighted by atomic mass is 32.2. The van der Waals surface area contributed by atoms with Gasteiger partial charge in [-0.1, -0.05) is 42.1 Å². The minimum Gasteiger partial charge on any atom is -0.341 e. The maximum absolute atomic E-state index is 12.5. The molecular weight excluding hydrogens is 392 g/mol. The highest BCUT2D eigenvalue weighted by Gasteiger charge is 2.11. The Morgan fingerprint density at radius 3 is 2.70 bits per heavy atom. The third-order valence-corrected chi connectivity index (χ3v) is 6.18. The number of anilines is 1. The molecule has 30 heavy (non-hydrogen) atoms. The SMILES string of the molecule is CCn1c2ccccc2c2cc(NC(=O)CCSc3nc4ccccc4[nH]3)ccc21. The van der Waals surface area contributed by atoms with Gasteiger partial charge in [-0.05, 0) is 43.3 Å². The molecule has 5 aromatic rings. The Labute approximate surface area is 178 Å². The quantitative estimate of drug-likeness (QED) is 0.345. The van der Waals surface area contributed by atoms with Crippen molar-refractivity contribution in [3.63, 3.8) is 0 Å². The molecule has 2 heterocycles. The normalized spacial score (nSPS) is 11.5. The monoisotopic (exact) mass is 414 g/mol. The lowest BCUT2D eigenvalue weighted by molar-refractivity contribution is -0.115. The van der Waals surface area contributed by atoms with Crippen LogP contribution in [0, 0.1) is 0 Å². The smallest absolute Gasteiger partial charge is 0.225 e. The molecule has 3 aromatic carbocycles. The second-order valence-corrected chi connectivity index (χ2v) is 8.28. The Morgan fingerprint density at radius 1 is 1.03 bits per heavy atom.